The second-order valence-electron chi connectivity index (χ2n) is 4.72. The summed E-state index contributed by atoms with van der Waals surface area (Å²) in [6, 6.07) is 0. The summed E-state index contributed by atoms with van der Waals surface area (Å²) in [5, 5.41) is 3.90. The van der Waals surface area contributed by atoms with Gasteiger partial charge in [-0.15, -0.1) is 22.7 Å². The summed E-state index contributed by atoms with van der Waals surface area (Å²) in [6.45, 7) is 6.53. The summed E-state index contributed by atoms with van der Waals surface area (Å²) in [5.41, 5.74) is 6.88. The lowest BCUT2D eigenvalue weighted by Crippen LogP contribution is -2.11. The van der Waals surface area contributed by atoms with Crippen molar-refractivity contribution in [3.8, 4) is 0 Å². The number of hydrogen-bond donors (Lipinski definition) is 1. The van der Waals surface area contributed by atoms with Gasteiger partial charge < -0.3 is 5.73 Å². The summed E-state index contributed by atoms with van der Waals surface area (Å²) < 4.78 is 0. The molecule has 5 heteroatoms. The van der Waals surface area contributed by atoms with Crippen LogP contribution in [0.1, 0.15) is 36.3 Å². The van der Waals surface area contributed by atoms with Gasteiger partial charge in [-0.2, -0.15) is 0 Å². The first kappa shape index (κ1) is 11.5. The molecule has 0 amide bonds. The van der Waals surface area contributed by atoms with Crippen LogP contribution >= 0.6 is 22.7 Å². The maximum atomic E-state index is 5.60. The number of nitrogens with zero attached hydrogens (tertiary/aromatic N) is 2. The van der Waals surface area contributed by atoms with Gasteiger partial charge in [0.2, 0.25) is 0 Å². The number of hydrogen-bond acceptors (Lipinski definition) is 5. The van der Waals surface area contributed by atoms with Crippen LogP contribution in [-0.4, -0.2) is 9.97 Å². The quantitative estimate of drug-likeness (QED) is 0.895. The molecule has 0 radical (unpaired) electrons. The molecule has 0 saturated heterocycles. The van der Waals surface area contributed by atoms with Crippen LogP contribution in [-0.2, 0) is 11.8 Å². The maximum Gasteiger partial charge on any atom is 0.180 e. The molecule has 2 heterocycles. The van der Waals surface area contributed by atoms with E-state index in [4.69, 9.17) is 5.73 Å². The topological polar surface area (TPSA) is 51.8 Å². The van der Waals surface area contributed by atoms with Gasteiger partial charge in [-0.25, -0.2) is 9.97 Å². The molecule has 0 atom stereocenters. The first-order valence-corrected chi connectivity index (χ1v) is 6.80. The number of anilines is 1. The smallest absolute Gasteiger partial charge is 0.180 e. The molecule has 3 nitrogen and oxygen atoms in total. The van der Waals surface area contributed by atoms with E-state index in [2.05, 4.69) is 36.1 Å². The normalized spacial score (nSPS) is 11.9. The van der Waals surface area contributed by atoms with Gasteiger partial charge in [0.15, 0.2) is 5.13 Å². The van der Waals surface area contributed by atoms with Gasteiger partial charge in [-0.05, 0) is 0 Å². The molecule has 0 aromatic carbocycles. The lowest BCUT2D eigenvalue weighted by molar-refractivity contribution is 0.571. The zero-order valence-corrected chi connectivity index (χ0v) is 11.3. The maximum absolute atomic E-state index is 5.60. The molecule has 0 aliphatic heterocycles. The Bertz CT molecular complexity index is 479. The predicted octanol–water partition coefficient (Wildman–Crippen LogP) is 3.07. The molecular weight excluding hydrogens is 238 g/mol. The minimum atomic E-state index is 0.126. The van der Waals surface area contributed by atoms with Gasteiger partial charge in [0.05, 0.1) is 10.7 Å². The second-order valence-corrected chi connectivity index (χ2v) is 6.81. The molecule has 0 fully saturated rings. The lowest BCUT2D eigenvalue weighted by Gasteiger charge is -2.14. The summed E-state index contributed by atoms with van der Waals surface area (Å²) in [7, 11) is 0. The van der Waals surface area contributed by atoms with E-state index in [1.807, 2.05) is 6.20 Å². The molecule has 0 bridgehead atoms. The molecule has 16 heavy (non-hydrogen) atoms. The van der Waals surface area contributed by atoms with E-state index in [9.17, 15) is 0 Å². The van der Waals surface area contributed by atoms with Crippen LogP contribution in [0, 0.1) is 0 Å². The number of rotatable bonds is 2. The minimum absolute atomic E-state index is 0.126. The van der Waals surface area contributed by atoms with Gasteiger partial charge in [-0.3, -0.25) is 0 Å². The van der Waals surface area contributed by atoms with Crippen LogP contribution in [0.4, 0.5) is 5.13 Å². The largest absolute Gasteiger partial charge is 0.375 e. The fourth-order valence-electron chi connectivity index (χ4n) is 1.29. The Kier molecular flexibility index (Phi) is 2.99. The highest BCUT2D eigenvalue weighted by Crippen LogP contribution is 2.26. The molecule has 86 valence electrons. The van der Waals surface area contributed by atoms with Crippen molar-refractivity contribution in [2.45, 2.75) is 32.6 Å². The van der Waals surface area contributed by atoms with Gasteiger partial charge in [0, 0.05) is 28.3 Å². The highest BCUT2D eigenvalue weighted by molar-refractivity contribution is 7.15. The van der Waals surface area contributed by atoms with E-state index in [0.29, 0.717) is 5.13 Å². The second kappa shape index (κ2) is 4.14. The van der Waals surface area contributed by atoms with Crippen molar-refractivity contribution in [1.29, 1.82) is 0 Å². The van der Waals surface area contributed by atoms with Crippen LogP contribution in [0.2, 0.25) is 0 Å². The van der Waals surface area contributed by atoms with E-state index < -0.39 is 0 Å². The molecule has 0 saturated carbocycles. The molecule has 0 spiro atoms. The van der Waals surface area contributed by atoms with E-state index in [0.717, 1.165) is 17.1 Å². The fourth-order valence-corrected chi connectivity index (χ4v) is 3.11. The van der Waals surface area contributed by atoms with Crippen molar-refractivity contribution in [2.24, 2.45) is 0 Å². The van der Waals surface area contributed by atoms with Crippen molar-refractivity contribution in [1.82, 2.24) is 9.97 Å². The van der Waals surface area contributed by atoms with Crippen LogP contribution in [0.3, 0.4) is 0 Å². The van der Waals surface area contributed by atoms with Gasteiger partial charge >= 0.3 is 0 Å². The third-order valence-corrected chi connectivity index (χ3v) is 3.89. The third-order valence-electron chi connectivity index (χ3n) is 2.22. The first-order chi connectivity index (χ1) is 7.45. The molecule has 2 N–H and O–H groups in total. The third kappa shape index (κ3) is 2.59. The predicted molar refractivity (Wildman–Crippen MR) is 70.1 cm³/mol. The monoisotopic (exact) mass is 253 g/mol. The van der Waals surface area contributed by atoms with Gasteiger partial charge in [0.1, 0.15) is 0 Å². The van der Waals surface area contributed by atoms with Gasteiger partial charge in [0.25, 0.3) is 0 Å². The molecule has 2 aromatic rings. The van der Waals surface area contributed by atoms with Crippen LogP contribution in [0.15, 0.2) is 11.6 Å². The van der Waals surface area contributed by atoms with Crippen molar-refractivity contribution in [3.05, 3.63) is 27.2 Å². The average Bonchev–Trinajstić information content (AvgIpc) is 2.74. The van der Waals surface area contributed by atoms with Crippen LogP contribution in [0.5, 0.6) is 0 Å². The van der Waals surface area contributed by atoms with E-state index >= 15 is 0 Å². The minimum Gasteiger partial charge on any atom is -0.375 e. The highest BCUT2D eigenvalue weighted by Gasteiger charge is 2.17. The summed E-state index contributed by atoms with van der Waals surface area (Å²) in [4.78, 5) is 9.86. The zero-order chi connectivity index (χ0) is 11.8. The Hall–Kier alpha value is -0.940. The Labute approximate surface area is 103 Å². The fraction of sp³-hybridized carbons (Fsp3) is 0.455. The molecule has 0 aliphatic carbocycles. The number of nitrogens with two attached hydrogens (primary N) is 1. The Morgan fingerprint density at radius 1 is 1.38 bits per heavy atom. The van der Waals surface area contributed by atoms with Crippen LogP contribution < -0.4 is 5.73 Å². The van der Waals surface area contributed by atoms with E-state index in [1.165, 1.54) is 16.2 Å². The van der Waals surface area contributed by atoms with E-state index in [-0.39, 0.29) is 5.41 Å². The van der Waals surface area contributed by atoms with Crippen LogP contribution in [0.25, 0.3) is 0 Å². The Balaban J connectivity index is 2.14. The Morgan fingerprint density at radius 2 is 2.12 bits per heavy atom. The molecule has 2 rings (SSSR count). The molecular formula is C11H15N3S2. The summed E-state index contributed by atoms with van der Waals surface area (Å²) in [5.74, 6) is 0. The van der Waals surface area contributed by atoms with Crippen molar-refractivity contribution in [2.75, 3.05) is 5.73 Å². The first-order valence-electron chi connectivity index (χ1n) is 5.10. The number of thiazole rings is 2. The average molecular weight is 253 g/mol. The number of nitrogen functional groups attached to an aromatic ring is 1. The standard InChI is InChI=1S/C11H15N3S2/c1-11(2,3)8-6-15-9(14-8)4-7-5-13-10(12)16-7/h5-6H,4H2,1-3H3,(H2,12,13). The highest BCUT2D eigenvalue weighted by atomic mass is 32.1. The van der Waals surface area contributed by atoms with E-state index in [1.54, 1.807) is 11.3 Å². The molecule has 2 aromatic heterocycles. The van der Waals surface area contributed by atoms with Crippen molar-refractivity contribution in [3.63, 3.8) is 0 Å². The van der Waals surface area contributed by atoms with Crippen molar-refractivity contribution < 1.29 is 0 Å². The van der Waals surface area contributed by atoms with Crippen molar-refractivity contribution >= 4 is 27.8 Å². The lowest BCUT2D eigenvalue weighted by atomic mass is 9.93. The molecule has 0 unspecified atom stereocenters. The van der Waals surface area contributed by atoms with Gasteiger partial charge in [-0.1, -0.05) is 20.8 Å². The number of aromatic nitrogens is 2. The summed E-state index contributed by atoms with van der Waals surface area (Å²) >= 11 is 3.24. The summed E-state index contributed by atoms with van der Waals surface area (Å²) in [6.07, 6.45) is 2.67. The Morgan fingerprint density at radius 3 is 2.62 bits per heavy atom. The molecule has 0 aliphatic rings. The SMILES string of the molecule is CC(C)(C)c1csc(Cc2cnc(N)s2)n1. The zero-order valence-electron chi connectivity index (χ0n) is 9.65.